The van der Waals surface area contributed by atoms with Gasteiger partial charge in [0.2, 0.25) is 14.7 Å². The molecule has 12 nitrogen and oxygen atoms in total. The number of halogens is 20. The number of ether oxygens (including phenoxy) is 12. The van der Waals surface area contributed by atoms with Crippen LogP contribution in [0.4, 0.5) is 87.8 Å². The van der Waals surface area contributed by atoms with E-state index in [1.54, 1.807) is 21.3 Å². The molecule has 0 fully saturated rings. The zero-order valence-corrected chi connectivity index (χ0v) is 51.9. The second-order valence-corrected chi connectivity index (χ2v) is 21.6. The minimum Gasteiger partial charge on any atom is -0.486 e. The SMILES string of the molecule is COCCOCCOCCOc1ccccc1[S+](c1ccccc1OCCOCCOCCOC)c1ccccc1OCCOCCOCCOC.Fc1c(F)c(F)c([B-](c2c(F)c(F)c(F)c(F)c2F)(c2c(F)c(F)c(F)c(F)c2F)c2c(F)c(F)c(F)c(F)c2F)c(F)c1F. The molecule has 7 rings (SSSR count). The predicted molar refractivity (Wildman–Crippen MR) is 308 cm³/mol. The summed E-state index contributed by atoms with van der Waals surface area (Å²) in [6.45, 7) is 8.60. The highest BCUT2D eigenvalue weighted by atomic mass is 32.2. The van der Waals surface area contributed by atoms with Crippen LogP contribution < -0.4 is 36.1 Å². The lowest BCUT2D eigenvalue weighted by Crippen LogP contribution is -2.81. The first-order valence-corrected chi connectivity index (χ1v) is 29.8. The Morgan fingerprint density at radius 3 is 0.588 bits per heavy atom. The van der Waals surface area contributed by atoms with Crippen LogP contribution in [-0.4, -0.2) is 146 Å². The maximum absolute atomic E-state index is 15.4. The van der Waals surface area contributed by atoms with Gasteiger partial charge in [-0.2, -0.15) is 0 Å². The Kier molecular flexibility index (Phi) is 30.9. The van der Waals surface area contributed by atoms with Crippen molar-refractivity contribution in [2.45, 2.75) is 14.7 Å². The van der Waals surface area contributed by atoms with Crippen LogP contribution in [0.1, 0.15) is 0 Å². The van der Waals surface area contributed by atoms with Gasteiger partial charge in [0.25, 0.3) is 0 Å². The van der Waals surface area contributed by atoms with Gasteiger partial charge in [0, 0.05) is 21.3 Å². The van der Waals surface area contributed by atoms with Gasteiger partial charge in [-0.05, 0) is 36.4 Å². The molecule has 0 aromatic heterocycles. The highest BCUT2D eigenvalue weighted by Crippen LogP contribution is 2.44. The minimum absolute atomic E-state index is 0.377. The Labute approximate surface area is 543 Å². The highest BCUT2D eigenvalue weighted by Gasteiger charge is 2.52. The van der Waals surface area contributed by atoms with E-state index < -0.39 is 155 Å². The largest absolute Gasteiger partial charge is 0.486 e. The van der Waals surface area contributed by atoms with Gasteiger partial charge in [-0.15, -0.1) is 21.9 Å². The van der Waals surface area contributed by atoms with Crippen LogP contribution >= 0.6 is 0 Å². The molecule has 0 atom stereocenters. The molecule has 0 saturated heterocycles. The van der Waals surface area contributed by atoms with Crippen molar-refractivity contribution in [1.82, 2.24) is 0 Å². The number of hydrogen-bond donors (Lipinski definition) is 0. The molecule has 0 saturated carbocycles. The molecule has 0 aliphatic heterocycles. The van der Waals surface area contributed by atoms with Crippen molar-refractivity contribution in [3.63, 3.8) is 0 Å². The van der Waals surface area contributed by atoms with Crippen molar-refractivity contribution < 1.29 is 145 Å². The third-order valence-corrected chi connectivity index (χ3v) is 16.1. The predicted octanol–water partition coefficient (Wildman–Crippen LogP) is 10.8. The van der Waals surface area contributed by atoms with E-state index in [9.17, 15) is 52.7 Å². The van der Waals surface area contributed by atoms with Crippen molar-refractivity contribution in [2.24, 2.45) is 0 Å². The standard InChI is InChI=1S/C39H57O12S.C24BF20/c1-40-16-19-43-22-25-46-28-31-49-34-10-4-7-13-37(34)52(38-14-8-5-11-35(38)50-32-29-47-26-23-44-20-17-41-2)39-15-9-6-12-36(39)51-33-30-48-27-24-45-21-18-42-3;26-5-1(6(27)14(35)21(42)13(5)34)25(2-7(28)15(36)22(43)16(37)8(2)29,3-9(30)17(38)23(44)18(39)10(3)31)4-11(32)19(40)24(45)20(41)12(4)33/h4-15H,16-33H2,1-3H3;/q+1;-1. The number of hydrogen-bond acceptors (Lipinski definition) is 12. The third-order valence-electron chi connectivity index (χ3n) is 13.8. The fourth-order valence-electron chi connectivity index (χ4n) is 9.47. The van der Waals surface area contributed by atoms with Gasteiger partial charge in [-0.25, -0.2) is 87.8 Å². The lowest BCUT2D eigenvalue weighted by atomic mass is 9.12. The van der Waals surface area contributed by atoms with Crippen molar-refractivity contribution in [3.8, 4) is 17.2 Å². The second-order valence-electron chi connectivity index (χ2n) is 19.6. The molecule has 34 heteroatoms. The summed E-state index contributed by atoms with van der Waals surface area (Å²) in [5.41, 5.74) is -14.3. The quantitative estimate of drug-likeness (QED) is 0.00923. The molecule has 0 heterocycles. The van der Waals surface area contributed by atoms with Crippen LogP contribution in [-0.2, 0) is 53.5 Å². The molecule has 7 aromatic rings. The fourth-order valence-corrected chi connectivity index (χ4v) is 11.8. The van der Waals surface area contributed by atoms with Crippen molar-refractivity contribution in [2.75, 3.05) is 140 Å². The normalized spacial score (nSPS) is 11.6. The molecule has 0 unspecified atom stereocenters. The van der Waals surface area contributed by atoms with E-state index in [-0.39, 0.29) is 0 Å². The minimum atomic E-state index is -7.22. The van der Waals surface area contributed by atoms with Crippen LogP contribution in [0.5, 0.6) is 17.2 Å². The smallest absolute Gasteiger partial charge is 0.208 e. The number of methoxy groups -OCH3 is 3. The average Bonchev–Trinajstić information content (AvgIpc) is 0.682. The van der Waals surface area contributed by atoms with E-state index in [0.717, 1.165) is 31.9 Å². The Bertz CT molecular complexity index is 3220. The highest BCUT2D eigenvalue weighted by molar-refractivity contribution is 7.97. The van der Waals surface area contributed by atoms with Crippen LogP contribution in [0.2, 0.25) is 0 Å². The Balaban J connectivity index is 0.000000309. The second kappa shape index (κ2) is 38.1. The summed E-state index contributed by atoms with van der Waals surface area (Å²) >= 11 is 0. The molecule has 0 radical (unpaired) electrons. The molecule has 7 aromatic carbocycles. The summed E-state index contributed by atoms with van der Waals surface area (Å²) in [7, 11) is 4.27. The molecule has 0 bridgehead atoms. The first kappa shape index (κ1) is 78.6. The molecular weight excluding hydrogens is 1370 g/mol. The van der Waals surface area contributed by atoms with E-state index >= 15 is 35.1 Å². The summed E-state index contributed by atoms with van der Waals surface area (Å²) < 4.78 is 362. The summed E-state index contributed by atoms with van der Waals surface area (Å²) in [6.07, 6.45) is -7.22. The zero-order valence-electron chi connectivity index (χ0n) is 51.1. The number of para-hydroxylation sites is 3. The number of benzene rings is 7. The van der Waals surface area contributed by atoms with Crippen LogP contribution in [0.25, 0.3) is 0 Å². The van der Waals surface area contributed by atoms with Crippen molar-refractivity contribution in [1.29, 1.82) is 0 Å². The molecule has 0 aliphatic carbocycles. The lowest BCUT2D eigenvalue weighted by molar-refractivity contribution is 0.0177. The lowest BCUT2D eigenvalue weighted by Gasteiger charge is -2.44. The first-order chi connectivity index (χ1) is 46.5. The van der Waals surface area contributed by atoms with Crippen molar-refractivity contribution in [3.05, 3.63) is 189 Å². The fraction of sp³-hybridized carbons (Fsp3) is 0.333. The van der Waals surface area contributed by atoms with Crippen LogP contribution in [0.3, 0.4) is 0 Å². The van der Waals surface area contributed by atoms with E-state index in [1.165, 1.54) is 0 Å². The number of rotatable bonds is 37. The summed E-state index contributed by atoms with van der Waals surface area (Å²) in [5, 5.41) is 0. The van der Waals surface area contributed by atoms with Gasteiger partial charge in [0.1, 0.15) is 83.4 Å². The summed E-state index contributed by atoms with van der Waals surface area (Å²) in [6, 6.07) is 24.2. The molecule has 0 spiro atoms. The molecule has 97 heavy (non-hydrogen) atoms. The average molecular weight is 1430 g/mol. The van der Waals surface area contributed by atoms with E-state index in [4.69, 9.17) is 56.8 Å². The molecule has 0 amide bonds. The van der Waals surface area contributed by atoms with E-state index in [2.05, 4.69) is 18.2 Å². The maximum Gasteiger partial charge on any atom is 0.208 e. The van der Waals surface area contributed by atoms with Gasteiger partial charge in [-0.1, -0.05) is 36.4 Å². The molecule has 530 valence electrons. The van der Waals surface area contributed by atoms with Crippen LogP contribution in [0, 0.1) is 116 Å². The Morgan fingerprint density at radius 1 is 0.227 bits per heavy atom. The van der Waals surface area contributed by atoms with Crippen LogP contribution in [0.15, 0.2) is 87.5 Å². The molecular formula is C63H57BF20O12S. The van der Waals surface area contributed by atoms with Gasteiger partial charge < -0.3 is 56.8 Å². The molecule has 0 N–H and O–H groups in total. The van der Waals surface area contributed by atoms with Gasteiger partial charge in [-0.3, -0.25) is 0 Å². The van der Waals surface area contributed by atoms with E-state index in [1.807, 2.05) is 54.6 Å². The summed E-state index contributed by atoms with van der Waals surface area (Å²) in [5.74, 6) is -69.1. The van der Waals surface area contributed by atoms with Gasteiger partial charge in [0.05, 0.1) is 99.1 Å². The summed E-state index contributed by atoms with van der Waals surface area (Å²) in [4.78, 5) is 2.98. The van der Waals surface area contributed by atoms with Crippen molar-refractivity contribution >= 4 is 38.9 Å². The first-order valence-electron chi connectivity index (χ1n) is 28.6. The monoisotopic (exact) mass is 1430 g/mol. The molecule has 0 aliphatic rings. The topological polar surface area (TPSA) is 111 Å². The Hall–Kier alpha value is -7.41. The third kappa shape index (κ3) is 18.3. The van der Waals surface area contributed by atoms with Gasteiger partial charge in [0.15, 0.2) is 87.1 Å². The Morgan fingerprint density at radius 2 is 0.392 bits per heavy atom. The zero-order chi connectivity index (χ0) is 71.1. The van der Waals surface area contributed by atoms with E-state index in [0.29, 0.717) is 119 Å². The van der Waals surface area contributed by atoms with Gasteiger partial charge >= 0.3 is 0 Å². The maximum atomic E-state index is 15.4.